The molecule has 4 nitrogen and oxygen atoms in total. The van der Waals surface area contributed by atoms with Gasteiger partial charge in [0.15, 0.2) is 11.5 Å². The van der Waals surface area contributed by atoms with Gasteiger partial charge >= 0.3 is 0 Å². The molecule has 1 aromatic carbocycles. The van der Waals surface area contributed by atoms with Crippen molar-refractivity contribution in [3.63, 3.8) is 0 Å². The Morgan fingerprint density at radius 1 is 1.14 bits per heavy atom. The van der Waals surface area contributed by atoms with Gasteiger partial charge in [-0.1, -0.05) is 18.2 Å². The number of aromatic nitrogens is 1. The van der Waals surface area contributed by atoms with Crippen LogP contribution in [0.1, 0.15) is 18.2 Å². The third-order valence-electron chi connectivity index (χ3n) is 3.16. The average Bonchev–Trinajstić information content (AvgIpc) is 2.52. The molecule has 0 aliphatic rings. The van der Waals surface area contributed by atoms with Gasteiger partial charge < -0.3 is 14.8 Å². The van der Waals surface area contributed by atoms with Crippen LogP contribution < -0.4 is 14.8 Å². The van der Waals surface area contributed by atoms with Crippen LogP contribution in [0.15, 0.2) is 42.6 Å². The Kier molecular flexibility index (Phi) is 5.58. The quantitative estimate of drug-likeness (QED) is 0.850. The Morgan fingerprint density at radius 2 is 1.90 bits per heavy atom. The van der Waals surface area contributed by atoms with Crippen molar-refractivity contribution in [2.24, 2.45) is 0 Å². The van der Waals surface area contributed by atoms with Gasteiger partial charge in [-0.25, -0.2) is 0 Å². The summed E-state index contributed by atoms with van der Waals surface area (Å²) >= 11 is 0. The summed E-state index contributed by atoms with van der Waals surface area (Å²) in [6.45, 7) is 5.43. The predicted octanol–water partition coefficient (Wildman–Crippen LogP) is 2.96. The van der Waals surface area contributed by atoms with Gasteiger partial charge in [0.25, 0.3) is 0 Å². The molecule has 2 aromatic rings. The number of aryl methyl sites for hydroxylation is 1. The lowest BCUT2D eigenvalue weighted by Gasteiger charge is -2.16. The van der Waals surface area contributed by atoms with Gasteiger partial charge in [-0.05, 0) is 37.6 Å². The maximum absolute atomic E-state index is 5.79. The normalized spacial score (nSPS) is 12.0. The summed E-state index contributed by atoms with van der Waals surface area (Å²) in [5, 5.41) is 3.40. The number of nitrogens with zero attached hydrogens (tertiary/aromatic N) is 1. The number of benzene rings is 1. The minimum atomic E-state index is 0.220. The number of hydrogen-bond acceptors (Lipinski definition) is 4. The fourth-order valence-electron chi connectivity index (χ4n) is 1.89. The van der Waals surface area contributed by atoms with Crippen LogP contribution in [-0.4, -0.2) is 24.7 Å². The monoisotopic (exact) mass is 286 g/mol. The molecule has 0 aliphatic heterocycles. The number of pyridine rings is 1. The van der Waals surface area contributed by atoms with Crippen molar-refractivity contribution in [1.29, 1.82) is 0 Å². The minimum Gasteiger partial charge on any atom is -0.493 e. The summed E-state index contributed by atoms with van der Waals surface area (Å²) in [6.07, 6.45) is 1.88. The Labute approximate surface area is 126 Å². The van der Waals surface area contributed by atoms with E-state index in [-0.39, 0.29) is 6.04 Å². The van der Waals surface area contributed by atoms with Crippen molar-refractivity contribution < 1.29 is 9.47 Å². The minimum absolute atomic E-state index is 0.220. The van der Waals surface area contributed by atoms with Crippen LogP contribution in [-0.2, 0) is 6.54 Å². The van der Waals surface area contributed by atoms with E-state index >= 15 is 0 Å². The third-order valence-corrected chi connectivity index (χ3v) is 3.16. The molecular formula is C17H22N2O2. The fraction of sp³-hybridized carbons (Fsp3) is 0.353. The lowest BCUT2D eigenvalue weighted by atomic mass is 10.2. The topological polar surface area (TPSA) is 43.4 Å². The van der Waals surface area contributed by atoms with Crippen LogP contribution in [0, 0.1) is 6.92 Å². The number of rotatable bonds is 7. The van der Waals surface area contributed by atoms with E-state index in [2.05, 4.69) is 23.3 Å². The second-order valence-corrected chi connectivity index (χ2v) is 5.07. The van der Waals surface area contributed by atoms with Crippen molar-refractivity contribution in [2.45, 2.75) is 26.4 Å². The second-order valence-electron chi connectivity index (χ2n) is 5.07. The van der Waals surface area contributed by atoms with Crippen LogP contribution >= 0.6 is 0 Å². The number of ether oxygens (including phenoxy) is 2. The molecule has 21 heavy (non-hydrogen) atoms. The second kappa shape index (κ2) is 7.64. The predicted molar refractivity (Wildman–Crippen MR) is 83.8 cm³/mol. The van der Waals surface area contributed by atoms with Crippen molar-refractivity contribution in [1.82, 2.24) is 10.3 Å². The van der Waals surface area contributed by atoms with Crippen LogP contribution in [0.3, 0.4) is 0 Å². The molecular weight excluding hydrogens is 264 g/mol. The molecule has 4 heteroatoms. The largest absolute Gasteiger partial charge is 0.493 e. The molecule has 1 aromatic heterocycles. The molecule has 0 saturated carbocycles. The highest BCUT2D eigenvalue weighted by atomic mass is 16.5. The lowest BCUT2D eigenvalue weighted by molar-refractivity contribution is 0.258. The van der Waals surface area contributed by atoms with Crippen LogP contribution in [0.2, 0.25) is 0 Å². The molecule has 0 fully saturated rings. The number of hydrogen-bond donors (Lipinski definition) is 1. The van der Waals surface area contributed by atoms with E-state index < -0.39 is 0 Å². The highest BCUT2D eigenvalue weighted by Crippen LogP contribution is 2.25. The van der Waals surface area contributed by atoms with Crippen LogP contribution in [0.4, 0.5) is 0 Å². The van der Waals surface area contributed by atoms with E-state index in [0.29, 0.717) is 6.61 Å². The van der Waals surface area contributed by atoms with Gasteiger partial charge in [0.05, 0.1) is 12.8 Å². The van der Waals surface area contributed by atoms with Gasteiger partial charge in [-0.2, -0.15) is 0 Å². The van der Waals surface area contributed by atoms with Crippen LogP contribution in [0.5, 0.6) is 11.5 Å². The van der Waals surface area contributed by atoms with E-state index in [4.69, 9.17) is 9.47 Å². The summed E-state index contributed by atoms with van der Waals surface area (Å²) < 4.78 is 11.1. The zero-order valence-electron chi connectivity index (χ0n) is 12.8. The Morgan fingerprint density at radius 3 is 2.57 bits per heavy atom. The first-order chi connectivity index (χ1) is 10.2. The number of para-hydroxylation sites is 2. The molecule has 1 atom stereocenters. The Balaban J connectivity index is 1.79. The average molecular weight is 286 g/mol. The molecule has 0 aliphatic carbocycles. The maximum atomic E-state index is 5.79. The molecule has 1 heterocycles. The Bertz CT molecular complexity index is 555. The molecule has 112 valence electrons. The summed E-state index contributed by atoms with van der Waals surface area (Å²) in [4.78, 5) is 4.37. The lowest BCUT2D eigenvalue weighted by Crippen LogP contribution is -2.31. The number of nitrogens with one attached hydrogen (secondary N) is 1. The zero-order chi connectivity index (χ0) is 15.1. The van der Waals surface area contributed by atoms with E-state index in [9.17, 15) is 0 Å². The molecule has 0 amide bonds. The van der Waals surface area contributed by atoms with Gasteiger partial charge in [0.1, 0.15) is 6.61 Å². The fourth-order valence-corrected chi connectivity index (χ4v) is 1.89. The van der Waals surface area contributed by atoms with Crippen molar-refractivity contribution in [2.75, 3.05) is 13.7 Å². The first-order valence-electron chi connectivity index (χ1n) is 7.10. The first kappa shape index (κ1) is 15.3. The first-order valence-corrected chi connectivity index (χ1v) is 7.10. The molecule has 1 N–H and O–H groups in total. The molecule has 0 radical (unpaired) electrons. The van der Waals surface area contributed by atoms with Gasteiger partial charge in [-0.3, -0.25) is 4.98 Å². The molecule has 1 unspecified atom stereocenters. The van der Waals surface area contributed by atoms with Crippen LogP contribution in [0.25, 0.3) is 0 Å². The smallest absolute Gasteiger partial charge is 0.161 e. The van der Waals surface area contributed by atoms with Gasteiger partial charge in [0, 0.05) is 18.8 Å². The molecule has 2 rings (SSSR count). The van der Waals surface area contributed by atoms with Crippen molar-refractivity contribution in [3.8, 4) is 11.5 Å². The van der Waals surface area contributed by atoms with E-state index in [1.54, 1.807) is 7.11 Å². The van der Waals surface area contributed by atoms with Gasteiger partial charge in [0.2, 0.25) is 0 Å². The highest BCUT2D eigenvalue weighted by Gasteiger charge is 2.06. The molecule has 0 saturated heterocycles. The summed E-state index contributed by atoms with van der Waals surface area (Å²) in [7, 11) is 1.65. The van der Waals surface area contributed by atoms with Crippen molar-refractivity contribution in [3.05, 3.63) is 53.9 Å². The summed E-state index contributed by atoms with van der Waals surface area (Å²) in [6, 6.07) is 12.0. The summed E-state index contributed by atoms with van der Waals surface area (Å²) in [5.74, 6) is 1.52. The van der Waals surface area contributed by atoms with Crippen molar-refractivity contribution >= 4 is 0 Å². The standard InChI is InChI=1S/C17H22N2O2/c1-13-8-9-15(19-10-13)11-18-14(2)12-21-17-7-5-4-6-16(17)20-3/h4-10,14,18H,11-12H2,1-3H3. The maximum Gasteiger partial charge on any atom is 0.161 e. The van der Waals surface area contributed by atoms with E-state index in [1.807, 2.05) is 43.5 Å². The zero-order valence-corrected chi connectivity index (χ0v) is 12.8. The number of methoxy groups -OCH3 is 1. The molecule has 0 bridgehead atoms. The van der Waals surface area contributed by atoms with E-state index in [1.165, 1.54) is 5.56 Å². The SMILES string of the molecule is COc1ccccc1OCC(C)NCc1ccc(C)cn1. The highest BCUT2D eigenvalue weighted by molar-refractivity contribution is 5.39. The summed E-state index contributed by atoms with van der Waals surface area (Å²) in [5.41, 5.74) is 2.20. The van der Waals surface area contributed by atoms with Gasteiger partial charge in [-0.15, -0.1) is 0 Å². The third kappa shape index (κ3) is 4.76. The Hall–Kier alpha value is -2.07. The molecule has 0 spiro atoms. The van der Waals surface area contributed by atoms with E-state index in [0.717, 1.165) is 23.7 Å².